The van der Waals surface area contributed by atoms with Gasteiger partial charge in [0.15, 0.2) is 0 Å². The maximum absolute atomic E-state index is 5.46. The van der Waals surface area contributed by atoms with Crippen LogP contribution in [0.2, 0.25) is 0 Å². The second-order valence-electron chi connectivity index (χ2n) is 5.04. The van der Waals surface area contributed by atoms with Crippen molar-refractivity contribution in [2.45, 2.75) is 57.7 Å². The van der Waals surface area contributed by atoms with Gasteiger partial charge in [-0.1, -0.05) is 12.1 Å². The number of ether oxygens (including phenoxy) is 1. The summed E-state index contributed by atoms with van der Waals surface area (Å²) in [4.78, 5) is 0. The Hall–Kier alpha value is -0.940. The normalized spacial score (nSPS) is 24.3. The molecule has 1 aliphatic rings. The first-order valence-electron chi connectivity index (χ1n) is 6.97. The van der Waals surface area contributed by atoms with Crippen molar-refractivity contribution in [3.05, 3.63) is 11.9 Å². The fourth-order valence-corrected chi connectivity index (χ4v) is 2.54. The number of methoxy groups -OCH3 is 1. The van der Waals surface area contributed by atoms with Crippen LogP contribution in [0.15, 0.2) is 6.20 Å². The molecule has 1 aromatic heterocycles. The second-order valence-corrected chi connectivity index (χ2v) is 5.04. The molecule has 1 saturated carbocycles. The lowest BCUT2D eigenvalue weighted by Crippen LogP contribution is -2.24. The fraction of sp³-hybridized carbons (Fsp3) is 0.846. The van der Waals surface area contributed by atoms with E-state index in [1.54, 1.807) is 7.11 Å². The van der Waals surface area contributed by atoms with Gasteiger partial charge in [-0.2, -0.15) is 0 Å². The first-order valence-corrected chi connectivity index (χ1v) is 6.97. The number of nitrogens with one attached hydrogen (secondary N) is 1. The highest BCUT2D eigenvalue weighted by atomic mass is 16.5. The minimum atomic E-state index is 0.384. The third-order valence-electron chi connectivity index (χ3n) is 3.60. The highest BCUT2D eigenvalue weighted by Gasteiger charge is 2.23. The molecule has 0 amide bonds. The van der Waals surface area contributed by atoms with Crippen LogP contribution in [-0.2, 0) is 11.3 Å². The predicted octanol–water partition coefficient (Wildman–Crippen LogP) is 1.91. The maximum Gasteiger partial charge on any atom is 0.0964 e. The van der Waals surface area contributed by atoms with Crippen molar-refractivity contribution in [1.82, 2.24) is 20.3 Å². The third kappa shape index (κ3) is 3.53. The van der Waals surface area contributed by atoms with Crippen LogP contribution in [0.4, 0.5) is 0 Å². The zero-order chi connectivity index (χ0) is 12.8. The Morgan fingerprint density at radius 2 is 2.39 bits per heavy atom. The summed E-state index contributed by atoms with van der Waals surface area (Å²) in [7, 11) is 1.80. The number of rotatable bonds is 6. The molecule has 5 heteroatoms. The molecule has 1 N–H and O–H groups in total. The molecule has 18 heavy (non-hydrogen) atoms. The summed E-state index contributed by atoms with van der Waals surface area (Å²) in [6, 6.07) is 0.455. The van der Waals surface area contributed by atoms with E-state index >= 15 is 0 Å². The van der Waals surface area contributed by atoms with Gasteiger partial charge in [-0.3, -0.25) is 0 Å². The summed E-state index contributed by atoms with van der Waals surface area (Å²) in [6.07, 6.45) is 8.23. The van der Waals surface area contributed by atoms with Gasteiger partial charge >= 0.3 is 0 Å². The smallest absolute Gasteiger partial charge is 0.0964 e. The average Bonchev–Trinajstić information content (AvgIpc) is 2.88. The van der Waals surface area contributed by atoms with Gasteiger partial charge in [0.1, 0.15) is 0 Å². The Labute approximate surface area is 109 Å². The molecule has 2 unspecified atom stereocenters. The maximum atomic E-state index is 5.46. The van der Waals surface area contributed by atoms with E-state index in [0.717, 1.165) is 31.6 Å². The molecule has 1 heterocycles. The van der Waals surface area contributed by atoms with E-state index in [1.165, 1.54) is 19.3 Å². The van der Waals surface area contributed by atoms with Crippen molar-refractivity contribution in [3.63, 3.8) is 0 Å². The Morgan fingerprint density at radius 3 is 3.17 bits per heavy atom. The summed E-state index contributed by atoms with van der Waals surface area (Å²) in [5.74, 6) is 0. The molecule has 2 atom stereocenters. The van der Waals surface area contributed by atoms with Crippen molar-refractivity contribution in [2.24, 2.45) is 0 Å². The Balaban J connectivity index is 1.88. The molecule has 5 nitrogen and oxygen atoms in total. The van der Waals surface area contributed by atoms with E-state index in [4.69, 9.17) is 4.74 Å². The van der Waals surface area contributed by atoms with Gasteiger partial charge in [0.2, 0.25) is 0 Å². The quantitative estimate of drug-likeness (QED) is 0.786. The lowest BCUT2D eigenvalue weighted by atomic mass is 9.93. The summed E-state index contributed by atoms with van der Waals surface area (Å²) in [6.45, 7) is 4.01. The molecule has 1 aliphatic carbocycles. The van der Waals surface area contributed by atoms with Crippen LogP contribution >= 0.6 is 0 Å². The molecule has 0 spiro atoms. The van der Waals surface area contributed by atoms with E-state index in [9.17, 15) is 0 Å². The molecule has 1 aromatic rings. The predicted molar refractivity (Wildman–Crippen MR) is 70.3 cm³/mol. The molecule has 2 rings (SSSR count). The largest absolute Gasteiger partial charge is 0.381 e. The molecule has 0 radical (unpaired) electrons. The van der Waals surface area contributed by atoms with E-state index < -0.39 is 0 Å². The summed E-state index contributed by atoms with van der Waals surface area (Å²) < 4.78 is 7.48. The standard InChI is InChI=1S/C13H24N4O/c1-3-7-14-9-11-10-17(16-15-11)12-5-4-6-13(8-12)18-2/h10,12-14H,3-9H2,1-2H3. The van der Waals surface area contributed by atoms with E-state index in [0.29, 0.717) is 12.1 Å². The number of aromatic nitrogens is 3. The van der Waals surface area contributed by atoms with Crippen LogP contribution in [-0.4, -0.2) is 34.8 Å². The summed E-state index contributed by atoms with van der Waals surface area (Å²) in [5, 5.41) is 11.8. The average molecular weight is 252 g/mol. The highest BCUT2D eigenvalue weighted by molar-refractivity contribution is 4.93. The first kappa shape index (κ1) is 13.5. The first-order chi connectivity index (χ1) is 8.83. The highest BCUT2D eigenvalue weighted by Crippen LogP contribution is 2.29. The molecule has 0 saturated heterocycles. The van der Waals surface area contributed by atoms with Crippen LogP contribution in [0, 0.1) is 0 Å². The SMILES string of the molecule is CCCNCc1cn(C2CCCC(OC)C2)nn1. The van der Waals surface area contributed by atoms with Gasteiger partial charge < -0.3 is 10.1 Å². The zero-order valence-corrected chi connectivity index (χ0v) is 11.4. The van der Waals surface area contributed by atoms with E-state index in [-0.39, 0.29) is 0 Å². The van der Waals surface area contributed by atoms with Crippen LogP contribution in [0.1, 0.15) is 50.8 Å². The number of nitrogens with zero attached hydrogens (tertiary/aromatic N) is 3. The third-order valence-corrected chi connectivity index (χ3v) is 3.60. The lowest BCUT2D eigenvalue weighted by molar-refractivity contribution is 0.0504. The van der Waals surface area contributed by atoms with Gasteiger partial charge in [-0.05, 0) is 38.6 Å². The van der Waals surface area contributed by atoms with Gasteiger partial charge in [-0.15, -0.1) is 5.10 Å². The van der Waals surface area contributed by atoms with Crippen LogP contribution < -0.4 is 5.32 Å². The van der Waals surface area contributed by atoms with Gasteiger partial charge in [0.05, 0.1) is 24.0 Å². The molecule has 102 valence electrons. The lowest BCUT2D eigenvalue weighted by Gasteiger charge is -2.27. The van der Waals surface area contributed by atoms with Gasteiger partial charge in [0, 0.05) is 13.7 Å². The molecule has 0 bridgehead atoms. The Bertz CT molecular complexity index is 353. The van der Waals surface area contributed by atoms with Crippen molar-refractivity contribution < 1.29 is 4.74 Å². The second kappa shape index (κ2) is 6.85. The molecule has 0 aliphatic heterocycles. The Morgan fingerprint density at radius 1 is 1.50 bits per heavy atom. The summed E-state index contributed by atoms with van der Waals surface area (Å²) in [5.41, 5.74) is 1.03. The number of hydrogen-bond acceptors (Lipinski definition) is 4. The van der Waals surface area contributed by atoms with Crippen LogP contribution in [0.5, 0.6) is 0 Å². The Kier molecular flexibility index (Phi) is 5.13. The monoisotopic (exact) mass is 252 g/mol. The fourth-order valence-electron chi connectivity index (χ4n) is 2.54. The van der Waals surface area contributed by atoms with Crippen molar-refractivity contribution >= 4 is 0 Å². The molecular weight excluding hydrogens is 228 g/mol. The van der Waals surface area contributed by atoms with Crippen molar-refractivity contribution in [2.75, 3.05) is 13.7 Å². The minimum Gasteiger partial charge on any atom is -0.381 e. The van der Waals surface area contributed by atoms with Crippen molar-refractivity contribution in [1.29, 1.82) is 0 Å². The molecule has 1 fully saturated rings. The van der Waals surface area contributed by atoms with Gasteiger partial charge in [0.25, 0.3) is 0 Å². The number of hydrogen-bond donors (Lipinski definition) is 1. The topological polar surface area (TPSA) is 52.0 Å². The summed E-state index contributed by atoms with van der Waals surface area (Å²) >= 11 is 0. The minimum absolute atomic E-state index is 0.384. The van der Waals surface area contributed by atoms with Gasteiger partial charge in [-0.25, -0.2) is 4.68 Å². The van der Waals surface area contributed by atoms with Crippen LogP contribution in [0.25, 0.3) is 0 Å². The zero-order valence-electron chi connectivity index (χ0n) is 11.4. The molecule has 0 aromatic carbocycles. The van der Waals surface area contributed by atoms with Crippen LogP contribution in [0.3, 0.4) is 0 Å². The molecular formula is C13H24N4O. The van der Waals surface area contributed by atoms with E-state index in [1.807, 2.05) is 4.68 Å². The van der Waals surface area contributed by atoms with Crippen molar-refractivity contribution in [3.8, 4) is 0 Å². The van der Waals surface area contributed by atoms with E-state index in [2.05, 4.69) is 28.7 Å².